The van der Waals surface area contributed by atoms with Gasteiger partial charge in [-0.25, -0.2) is 0 Å². The van der Waals surface area contributed by atoms with Gasteiger partial charge in [0.2, 0.25) is 0 Å². The van der Waals surface area contributed by atoms with Crippen LogP contribution in [0.3, 0.4) is 0 Å². The van der Waals surface area contributed by atoms with E-state index < -0.39 is 0 Å². The summed E-state index contributed by atoms with van der Waals surface area (Å²) in [7, 11) is 0. The smallest absolute Gasteiger partial charge is 0.0991 e. The van der Waals surface area contributed by atoms with Crippen molar-refractivity contribution in [3.8, 4) is 6.07 Å². The van der Waals surface area contributed by atoms with Gasteiger partial charge in [-0.15, -0.1) is 0 Å². The summed E-state index contributed by atoms with van der Waals surface area (Å²) < 4.78 is 0. The molecule has 1 fully saturated rings. The Morgan fingerprint density at radius 2 is 1.94 bits per heavy atom. The zero-order valence-corrected chi connectivity index (χ0v) is 10.6. The molecule has 2 rings (SSSR count). The number of benzene rings is 1. The third kappa shape index (κ3) is 3.56. The predicted molar refractivity (Wildman–Crippen MR) is 70.8 cm³/mol. The van der Waals surface area contributed by atoms with Crippen molar-refractivity contribution in [1.82, 2.24) is 5.32 Å². The molecule has 0 saturated heterocycles. The van der Waals surface area contributed by atoms with E-state index in [1.165, 1.54) is 25.7 Å². The highest BCUT2D eigenvalue weighted by atomic mass is 16.3. The maximum Gasteiger partial charge on any atom is 0.0991 e. The van der Waals surface area contributed by atoms with Crippen molar-refractivity contribution in [3.63, 3.8) is 0 Å². The van der Waals surface area contributed by atoms with Gasteiger partial charge in [-0.1, -0.05) is 25.0 Å². The quantitative estimate of drug-likeness (QED) is 0.835. The van der Waals surface area contributed by atoms with Gasteiger partial charge < -0.3 is 10.4 Å². The highest BCUT2D eigenvalue weighted by Gasteiger charge is 2.22. The van der Waals surface area contributed by atoms with E-state index in [1.807, 2.05) is 24.3 Å². The SMILES string of the molecule is N#Cc1ccc(CNCC(O)C2CCCC2)cc1. The lowest BCUT2D eigenvalue weighted by molar-refractivity contribution is 0.109. The van der Waals surface area contributed by atoms with Crippen LogP contribution in [0.2, 0.25) is 0 Å². The first-order valence-electron chi connectivity index (χ1n) is 6.67. The zero-order valence-electron chi connectivity index (χ0n) is 10.6. The molecule has 2 N–H and O–H groups in total. The van der Waals surface area contributed by atoms with Crippen LogP contribution in [-0.4, -0.2) is 17.8 Å². The number of hydrogen-bond acceptors (Lipinski definition) is 3. The number of rotatable bonds is 5. The van der Waals surface area contributed by atoms with Gasteiger partial charge in [0.25, 0.3) is 0 Å². The summed E-state index contributed by atoms with van der Waals surface area (Å²) in [5, 5.41) is 22.0. The molecule has 1 aliphatic rings. The fourth-order valence-electron chi connectivity index (χ4n) is 2.57. The average Bonchev–Trinajstić information content (AvgIpc) is 2.93. The third-order valence-electron chi connectivity index (χ3n) is 3.71. The normalized spacial score (nSPS) is 17.6. The Bertz CT molecular complexity index is 401. The summed E-state index contributed by atoms with van der Waals surface area (Å²) in [6, 6.07) is 9.66. The summed E-state index contributed by atoms with van der Waals surface area (Å²) in [5.74, 6) is 0.485. The van der Waals surface area contributed by atoms with Crippen molar-refractivity contribution in [3.05, 3.63) is 35.4 Å². The van der Waals surface area contributed by atoms with Crippen molar-refractivity contribution in [2.24, 2.45) is 5.92 Å². The van der Waals surface area contributed by atoms with Crippen LogP contribution in [0.25, 0.3) is 0 Å². The third-order valence-corrected chi connectivity index (χ3v) is 3.71. The van der Waals surface area contributed by atoms with Crippen molar-refractivity contribution in [2.45, 2.75) is 38.3 Å². The number of nitrogens with zero attached hydrogens (tertiary/aromatic N) is 1. The monoisotopic (exact) mass is 244 g/mol. The molecule has 3 nitrogen and oxygen atoms in total. The van der Waals surface area contributed by atoms with Crippen LogP contribution >= 0.6 is 0 Å². The maximum atomic E-state index is 10.0. The van der Waals surface area contributed by atoms with Gasteiger partial charge in [0.05, 0.1) is 17.7 Å². The van der Waals surface area contributed by atoms with Crippen molar-refractivity contribution < 1.29 is 5.11 Å². The molecule has 1 unspecified atom stereocenters. The van der Waals surface area contributed by atoms with Crippen LogP contribution in [0.15, 0.2) is 24.3 Å². The van der Waals surface area contributed by atoms with Gasteiger partial charge in [-0.3, -0.25) is 0 Å². The van der Waals surface area contributed by atoms with Crippen LogP contribution in [-0.2, 0) is 6.54 Å². The fourth-order valence-corrected chi connectivity index (χ4v) is 2.57. The minimum atomic E-state index is -0.217. The summed E-state index contributed by atoms with van der Waals surface area (Å²) in [4.78, 5) is 0. The number of nitriles is 1. The van der Waals surface area contributed by atoms with Crippen LogP contribution in [0.1, 0.15) is 36.8 Å². The van der Waals surface area contributed by atoms with E-state index in [4.69, 9.17) is 5.26 Å². The number of hydrogen-bond donors (Lipinski definition) is 2. The molecule has 1 atom stereocenters. The number of aliphatic hydroxyl groups excluding tert-OH is 1. The molecular formula is C15H20N2O. The minimum Gasteiger partial charge on any atom is -0.392 e. The molecule has 0 bridgehead atoms. The van der Waals surface area contributed by atoms with E-state index >= 15 is 0 Å². The van der Waals surface area contributed by atoms with Crippen molar-refractivity contribution in [2.75, 3.05) is 6.54 Å². The molecular weight excluding hydrogens is 224 g/mol. The van der Waals surface area contributed by atoms with E-state index in [9.17, 15) is 5.11 Å². The van der Waals surface area contributed by atoms with E-state index in [0.717, 1.165) is 12.1 Å². The molecule has 3 heteroatoms. The lowest BCUT2D eigenvalue weighted by Gasteiger charge is -2.18. The molecule has 1 saturated carbocycles. The second kappa shape index (κ2) is 6.53. The Labute approximate surface area is 108 Å². The van der Waals surface area contributed by atoms with E-state index in [2.05, 4.69) is 11.4 Å². The van der Waals surface area contributed by atoms with Gasteiger partial charge >= 0.3 is 0 Å². The first kappa shape index (κ1) is 13.1. The molecule has 0 radical (unpaired) electrons. The summed E-state index contributed by atoms with van der Waals surface area (Å²) >= 11 is 0. The minimum absolute atomic E-state index is 0.217. The molecule has 0 aliphatic heterocycles. The second-order valence-corrected chi connectivity index (χ2v) is 5.05. The Morgan fingerprint density at radius 1 is 1.28 bits per heavy atom. The Kier molecular flexibility index (Phi) is 4.74. The van der Waals surface area contributed by atoms with E-state index in [0.29, 0.717) is 18.0 Å². The zero-order chi connectivity index (χ0) is 12.8. The largest absolute Gasteiger partial charge is 0.392 e. The Balaban J connectivity index is 1.72. The second-order valence-electron chi connectivity index (χ2n) is 5.05. The van der Waals surface area contributed by atoms with E-state index in [1.54, 1.807) is 0 Å². The highest BCUT2D eigenvalue weighted by molar-refractivity contribution is 5.31. The highest BCUT2D eigenvalue weighted by Crippen LogP contribution is 2.27. The maximum absolute atomic E-state index is 10.0. The standard InChI is InChI=1S/C15H20N2O/c16-9-12-5-7-13(8-6-12)10-17-11-15(18)14-3-1-2-4-14/h5-8,14-15,17-18H,1-4,10-11H2. The number of aliphatic hydroxyl groups is 1. The van der Waals surface area contributed by atoms with E-state index in [-0.39, 0.29) is 6.10 Å². The predicted octanol–water partition coefficient (Wildman–Crippen LogP) is 2.20. The molecule has 0 spiro atoms. The van der Waals surface area contributed by atoms with Crippen molar-refractivity contribution >= 4 is 0 Å². The Hall–Kier alpha value is -1.37. The molecule has 0 heterocycles. The first-order valence-corrected chi connectivity index (χ1v) is 6.67. The molecule has 1 aliphatic carbocycles. The molecule has 0 amide bonds. The average molecular weight is 244 g/mol. The van der Waals surface area contributed by atoms with Gasteiger partial charge in [-0.05, 0) is 36.5 Å². The van der Waals surface area contributed by atoms with Crippen LogP contribution in [0.4, 0.5) is 0 Å². The van der Waals surface area contributed by atoms with Gasteiger partial charge in [0.15, 0.2) is 0 Å². The summed E-state index contributed by atoms with van der Waals surface area (Å²) in [6.07, 6.45) is 4.64. The molecule has 0 aromatic heterocycles. The first-order chi connectivity index (χ1) is 8.79. The lowest BCUT2D eigenvalue weighted by Crippen LogP contribution is -2.31. The van der Waals surface area contributed by atoms with Gasteiger partial charge in [0, 0.05) is 13.1 Å². The van der Waals surface area contributed by atoms with Crippen LogP contribution < -0.4 is 5.32 Å². The van der Waals surface area contributed by atoms with Gasteiger partial charge in [-0.2, -0.15) is 5.26 Å². The lowest BCUT2D eigenvalue weighted by atomic mass is 10.0. The summed E-state index contributed by atoms with van der Waals surface area (Å²) in [5.41, 5.74) is 1.83. The van der Waals surface area contributed by atoms with Crippen molar-refractivity contribution in [1.29, 1.82) is 5.26 Å². The summed E-state index contributed by atoms with van der Waals surface area (Å²) in [6.45, 7) is 1.40. The molecule has 18 heavy (non-hydrogen) atoms. The molecule has 96 valence electrons. The topological polar surface area (TPSA) is 56.0 Å². The number of nitrogens with one attached hydrogen (secondary N) is 1. The van der Waals surface area contributed by atoms with Gasteiger partial charge in [0.1, 0.15) is 0 Å². The molecule has 1 aromatic carbocycles. The fraction of sp³-hybridized carbons (Fsp3) is 0.533. The molecule has 1 aromatic rings. The van der Waals surface area contributed by atoms with Crippen LogP contribution in [0, 0.1) is 17.2 Å². The Morgan fingerprint density at radius 3 is 2.56 bits per heavy atom. The van der Waals surface area contributed by atoms with Crippen LogP contribution in [0.5, 0.6) is 0 Å².